The third-order valence-corrected chi connectivity index (χ3v) is 8.64. The number of amides is 2. The van der Waals surface area contributed by atoms with Crippen molar-refractivity contribution in [3.8, 4) is 22.6 Å². The molecular weight excluding hydrogens is 549 g/mol. The van der Waals surface area contributed by atoms with E-state index in [-0.39, 0.29) is 42.0 Å². The zero-order chi connectivity index (χ0) is 29.9. The van der Waals surface area contributed by atoms with Gasteiger partial charge in [-0.3, -0.25) is 9.59 Å². The third kappa shape index (κ3) is 6.10. The lowest BCUT2D eigenvalue weighted by molar-refractivity contribution is -0.123. The van der Waals surface area contributed by atoms with Crippen LogP contribution in [0.3, 0.4) is 0 Å². The van der Waals surface area contributed by atoms with Gasteiger partial charge in [0.25, 0.3) is 5.91 Å². The van der Waals surface area contributed by atoms with Gasteiger partial charge in [0.1, 0.15) is 5.75 Å². The smallest absolute Gasteiger partial charge is 0.265 e. The summed E-state index contributed by atoms with van der Waals surface area (Å²) in [5, 5.41) is 3.44. The van der Waals surface area contributed by atoms with Crippen molar-refractivity contribution < 1.29 is 28.2 Å². The van der Waals surface area contributed by atoms with Crippen molar-refractivity contribution in [1.29, 1.82) is 0 Å². The van der Waals surface area contributed by atoms with Crippen molar-refractivity contribution in [2.45, 2.75) is 37.6 Å². The zero-order valence-corrected chi connectivity index (χ0v) is 24.7. The Morgan fingerprint density at radius 2 is 1.91 bits per heavy atom. The molecule has 0 spiro atoms. The highest BCUT2D eigenvalue weighted by Crippen LogP contribution is 2.42. The van der Waals surface area contributed by atoms with Gasteiger partial charge in [-0.1, -0.05) is 30.3 Å². The van der Waals surface area contributed by atoms with Gasteiger partial charge in [0.15, 0.2) is 18.2 Å². The number of nitrogens with one attached hydrogen (secondary N) is 1. The Morgan fingerprint density at radius 1 is 1.07 bits per heavy atom. The molecular formula is C34H38FN3O5. The van der Waals surface area contributed by atoms with Crippen molar-refractivity contribution in [2.24, 2.45) is 5.92 Å². The molecule has 9 heteroatoms. The van der Waals surface area contributed by atoms with Gasteiger partial charge in [-0.2, -0.15) is 0 Å². The minimum Gasteiger partial charge on any atom is -0.494 e. The summed E-state index contributed by atoms with van der Waals surface area (Å²) in [6.07, 6.45) is 3.41. The molecule has 0 bridgehead atoms. The Labute approximate surface area is 251 Å². The fourth-order valence-corrected chi connectivity index (χ4v) is 6.29. The number of carbonyl (C=O) groups excluding carboxylic acids is 2. The number of halogens is 1. The van der Waals surface area contributed by atoms with Crippen LogP contribution in [0, 0.1) is 11.7 Å². The summed E-state index contributed by atoms with van der Waals surface area (Å²) in [5.74, 6) is 0.158. The Kier molecular flexibility index (Phi) is 8.63. The number of benzene rings is 3. The first kappa shape index (κ1) is 29.1. The van der Waals surface area contributed by atoms with Crippen molar-refractivity contribution in [1.82, 2.24) is 5.32 Å². The molecule has 2 aliphatic heterocycles. The number of ether oxygens (including phenoxy) is 3. The number of piperidine rings is 1. The fourth-order valence-electron chi connectivity index (χ4n) is 6.29. The molecule has 1 N–H and O–H groups in total. The van der Waals surface area contributed by atoms with Crippen molar-refractivity contribution in [3.05, 3.63) is 72.0 Å². The second-order valence-electron chi connectivity index (χ2n) is 11.5. The summed E-state index contributed by atoms with van der Waals surface area (Å²) >= 11 is 0. The summed E-state index contributed by atoms with van der Waals surface area (Å²) in [7, 11) is 3.10. The SMILES string of the molecule is COCCCN1C(=O)COc2ccc(N(C(=O)[C@H]3CNCC[C@@H]3c3cccc(-c4ccc(OC)c(F)c4)c3)C3CC3)cc21. The lowest BCUT2D eigenvalue weighted by Gasteiger charge is -2.36. The first-order chi connectivity index (χ1) is 21.0. The van der Waals surface area contributed by atoms with E-state index in [0.717, 1.165) is 48.2 Å². The molecule has 2 atom stereocenters. The summed E-state index contributed by atoms with van der Waals surface area (Å²) in [5.41, 5.74) is 4.21. The Bertz CT molecular complexity index is 1490. The molecule has 0 radical (unpaired) electrons. The van der Waals surface area contributed by atoms with Gasteiger partial charge in [-0.05, 0) is 85.2 Å². The summed E-state index contributed by atoms with van der Waals surface area (Å²) in [6.45, 7) is 2.46. The van der Waals surface area contributed by atoms with Crippen LogP contribution in [-0.2, 0) is 14.3 Å². The maximum atomic E-state index is 14.5. The molecule has 2 amide bonds. The molecule has 2 heterocycles. The normalized spacial score (nSPS) is 19.9. The topological polar surface area (TPSA) is 80.3 Å². The van der Waals surface area contributed by atoms with Gasteiger partial charge >= 0.3 is 0 Å². The maximum Gasteiger partial charge on any atom is 0.265 e. The number of methoxy groups -OCH3 is 2. The average Bonchev–Trinajstić information content (AvgIpc) is 3.87. The summed E-state index contributed by atoms with van der Waals surface area (Å²) in [4.78, 5) is 30.9. The highest BCUT2D eigenvalue weighted by Gasteiger charge is 2.41. The van der Waals surface area contributed by atoms with Crippen molar-refractivity contribution >= 4 is 23.2 Å². The Morgan fingerprint density at radius 3 is 2.67 bits per heavy atom. The van der Waals surface area contributed by atoms with E-state index in [1.165, 1.54) is 13.2 Å². The summed E-state index contributed by atoms with van der Waals surface area (Å²) < 4.78 is 30.5. The van der Waals surface area contributed by atoms with Gasteiger partial charge in [0, 0.05) is 38.5 Å². The Hall–Kier alpha value is -3.95. The number of hydrogen-bond donors (Lipinski definition) is 1. The first-order valence-corrected chi connectivity index (χ1v) is 15.0. The number of fused-ring (bicyclic) bond motifs is 1. The molecule has 6 rings (SSSR count). The molecule has 0 unspecified atom stereocenters. The average molecular weight is 588 g/mol. The van der Waals surface area contributed by atoms with Crippen LogP contribution in [0.15, 0.2) is 60.7 Å². The number of anilines is 2. The van der Waals surface area contributed by atoms with Gasteiger partial charge in [0.2, 0.25) is 5.91 Å². The van der Waals surface area contributed by atoms with Crippen LogP contribution in [-0.4, -0.2) is 64.9 Å². The van der Waals surface area contributed by atoms with E-state index in [4.69, 9.17) is 14.2 Å². The van der Waals surface area contributed by atoms with E-state index in [0.29, 0.717) is 37.6 Å². The molecule has 1 saturated heterocycles. The van der Waals surface area contributed by atoms with E-state index >= 15 is 0 Å². The quantitative estimate of drug-likeness (QED) is 0.331. The molecule has 2 fully saturated rings. The van der Waals surface area contributed by atoms with Crippen molar-refractivity contribution in [2.75, 3.05) is 56.9 Å². The van der Waals surface area contributed by atoms with Gasteiger partial charge in [0.05, 0.1) is 18.7 Å². The molecule has 3 aliphatic rings. The van der Waals surface area contributed by atoms with E-state index in [2.05, 4.69) is 17.4 Å². The molecule has 0 aromatic heterocycles. The monoisotopic (exact) mass is 587 g/mol. The molecule has 3 aromatic rings. The van der Waals surface area contributed by atoms with Gasteiger partial charge in [-0.25, -0.2) is 4.39 Å². The van der Waals surface area contributed by atoms with Crippen LogP contribution in [0.25, 0.3) is 11.1 Å². The predicted molar refractivity (Wildman–Crippen MR) is 163 cm³/mol. The lowest BCUT2D eigenvalue weighted by Crippen LogP contribution is -2.47. The van der Waals surface area contributed by atoms with E-state index in [1.54, 1.807) is 18.1 Å². The minimum atomic E-state index is -0.408. The van der Waals surface area contributed by atoms with Crippen LogP contribution in [0.1, 0.15) is 37.2 Å². The molecule has 3 aromatic carbocycles. The van der Waals surface area contributed by atoms with Crippen LogP contribution < -0.4 is 24.6 Å². The Balaban J connectivity index is 1.29. The summed E-state index contributed by atoms with van der Waals surface area (Å²) in [6, 6.07) is 18.9. The predicted octanol–water partition coefficient (Wildman–Crippen LogP) is 5.15. The maximum absolute atomic E-state index is 14.5. The second kappa shape index (κ2) is 12.7. The van der Waals surface area contributed by atoms with E-state index in [1.807, 2.05) is 41.3 Å². The minimum absolute atomic E-state index is 0.00223. The van der Waals surface area contributed by atoms with E-state index in [9.17, 15) is 14.0 Å². The number of rotatable bonds is 10. The third-order valence-electron chi connectivity index (χ3n) is 8.64. The van der Waals surface area contributed by atoms with Gasteiger partial charge in [-0.15, -0.1) is 0 Å². The lowest BCUT2D eigenvalue weighted by atomic mass is 9.79. The molecule has 8 nitrogen and oxygen atoms in total. The first-order valence-electron chi connectivity index (χ1n) is 15.0. The number of nitrogens with zero attached hydrogens (tertiary/aromatic N) is 2. The number of carbonyl (C=O) groups is 2. The highest BCUT2D eigenvalue weighted by molar-refractivity contribution is 6.01. The van der Waals surface area contributed by atoms with Crippen LogP contribution in [0.4, 0.5) is 15.8 Å². The fraction of sp³-hybridized carbons (Fsp3) is 0.412. The molecule has 43 heavy (non-hydrogen) atoms. The van der Waals surface area contributed by atoms with Crippen LogP contribution >= 0.6 is 0 Å². The van der Waals surface area contributed by atoms with Crippen LogP contribution in [0.2, 0.25) is 0 Å². The molecule has 1 aliphatic carbocycles. The largest absolute Gasteiger partial charge is 0.494 e. The van der Waals surface area contributed by atoms with Crippen molar-refractivity contribution in [3.63, 3.8) is 0 Å². The number of hydrogen-bond acceptors (Lipinski definition) is 6. The van der Waals surface area contributed by atoms with Gasteiger partial charge < -0.3 is 29.3 Å². The van der Waals surface area contributed by atoms with Crippen LogP contribution in [0.5, 0.6) is 11.5 Å². The standard InChI is InChI=1S/C34H38FN3O5/c1-41-16-4-15-37-30-19-26(10-12-32(30)43-21-33(37)39)38(25-8-9-25)34(40)28-20-36-14-13-27(28)24-6-3-5-22(17-24)23-7-11-31(42-2)29(35)18-23/h3,5-7,10-12,17-19,25,27-28,36H,4,8-9,13-16,20-21H2,1-2H3/t27-,28+/m1/s1. The van der Waals surface area contributed by atoms with E-state index < -0.39 is 5.82 Å². The molecule has 1 saturated carbocycles. The molecule has 226 valence electrons. The second-order valence-corrected chi connectivity index (χ2v) is 11.5. The zero-order valence-electron chi connectivity index (χ0n) is 24.7. The highest BCUT2D eigenvalue weighted by atomic mass is 19.1.